The first-order valence-electron chi connectivity index (χ1n) is 6.55. The summed E-state index contributed by atoms with van der Waals surface area (Å²) in [6.45, 7) is 7.46. The second kappa shape index (κ2) is 7.27. The maximum Gasteiger partial charge on any atom is 0.123 e. The van der Waals surface area contributed by atoms with Crippen LogP contribution in [-0.2, 0) is 6.54 Å². The van der Waals surface area contributed by atoms with Crippen molar-refractivity contribution in [3.05, 3.63) is 28.2 Å². The van der Waals surface area contributed by atoms with Crippen LogP contribution < -0.4 is 10.1 Å². The van der Waals surface area contributed by atoms with E-state index in [9.17, 15) is 0 Å². The number of aliphatic hydroxyl groups is 1. The lowest BCUT2D eigenvalue weighted by Crippen LogP contribution is -2.40. The Bertz CT molecular complexity index is 402. The molecule has 0 bridgehead atoms. The first-order chi connectivity index (χ1) is 8.88. The van der Waals surface area contributed by atoms with Gasteiger partial charge in [0.25, 0.3) is 0 Å². The van der Waals surface area contributed by atoms with Crippen LogP contribution in [0.15, 0.2) is 22.7 Å². The monoisotopic (exact) mass is 329 g/mol. The van der Waals surface area contributed by atoms with Gasteiger partial charge in [0.2, 0.25) is 0 Å². The molecular weight excluding hydrogens is 306 g/mol. The van der Waals surface area contributed by atoms with E-state index >= 15 is 0 Å². The standard InChI is InChI=1S/C15H24BrNO2/c1-15(2,3)14(7-8-18)17-10-11-9-12(16)5-6-13(11)19-4/h5-6,9,14,17-18H,7-8,10H2,1-4H3. The molecule has 0 aliphatic rings. The number of rotatable bonds is 6. The van der Waals surface area contributed by atoms with Crippen LogP contribution in [-0.4, -0.2) is 24.9 Å². The number of nitrogens with one attached hydrogen (secondary N) is 1. The molecule has 0 fully saturated rings. The third-order valence-corrected chi connectivity index (χ3v) is 3.74. The quantitative estimate of drug-likeness (QED) is 0.841. The Morgan fingerprint density at radius 1 is 1.37 bits per heavy atom. The number of halogens is 1. The van der Waals surface area contributed by atoms with E-state index < -0.39 is 0 Å². The largest absolute Gasteiger partial charge is 0.496 e. The Labute approximate surface area is 124 Å². The lowest BCUT2D eigenvalue weighted by Gasteiger charge is -2.31. The van der Waals surface area contributed by atoms with Crippen LogP contribution >= 0.6 is 15.9 Å². The van der Waals surface area contributed by atoms with E-state index in [1.807, 2.05) is 12.1 Å². The summed E-state index contributed by atoms with van der Waals surface area (Å²) >= 11 is 3.48. The highest BCUT2D eigenvalue weighted by molar-refractivity contribution is 9.10. The molecule has 1 atom stereocenters. The Morgan fingerprint density at radius 2 is 2.05 bits per heavy atom. The summed E-state index contributed by atoms with van der Waals surface area (Å²) in [5.41, 5.74) is 1.23. The first-order valence-corrected chi connectivity index (χ1v) is 7.34. The van der Waals surface area contributed by atoms with Crippen LogP contribution in [0.2, 0.25) is 0 Å². The fourth-order valence-corrected chi connectivity index (χ4v) is 2.50. The lowest BCUT2D eigenvalue weighted by molar-refractivity contribution is 0.196. The van der Waals surface area contributed by atoms with Crippen LogP contribution in [0.3, 0.4) is 0 Å². The van der Waals surface area contributed by atoms with E-state index in [0.29, 0.717) is 0 Å². The summed E-state index contributed by atoms with van der Waals surface area (Å²) in [5, 5.41) is 12.7. The van der Waals surface area contributed by atoms with Gasteiger partial charge in [0.15, 0.2) is 0 Å². The fourth-order valence-electron chi connectivity index (χ4n) is 2.09. The zero-order valence-corrected chi connectivity index (χ0v) is 13.8. The molecule has 0 spiro atoms. The van der Waals surface area contributed by atoms with Gasteiger partial charge in [0.05, 0.1) is 7.11 Å². The number of ether oxygens (including phenoxy) is 1. The van der Waals surface area contributed by atoms with Gasteiger partial charge in [-0.05, 0) is 30.0 Å². The van der Waals surface area contributed by atoms with Crippen molar-refractivity contribution in [1.29, 1.82) is 0 Å². The minimum atomic E-state index is 0.113. The maximum absolute atomic E-state index is 9.17. The molecule has 0 radical (unpaired) electrons. The van der Waals surface area contributed by atoms with Gasteiger partial charge in [-0.3, -0.25) is 0 Å². The minimum Gasteiger partial charge on any atom is -0.496 e. The smallest absolute Gasteiger partial charge is 0.123 e. The van der Waals surface area contributed by atoms with Crippen molar-refractivity contribution in [2.45, 2.75) is 39.8 Å². The van der Waals surface area contributed by atoms with Crippen molar-refractivity contribution in [3.63, 3.8) is 0 Å². The molecule has 0 aliphatic carbocycles. The van der Waals surface area contributed by atoms with E-state index in [4.69, 9.17) is 9.84 Å². The van der Waals surface area contributed by atoms with Crippen LogP contribution in [0.25, 0.3) is 0 Å². The molecule has 108 valence electrons. The minimum absolute atomic E-state index is 0.113. The average molecular weight is 330 g/mol. The number of hydrogen-bond donors (Lipinski definition) is 2. The zero-order valence-electron chi connectivity index (χ0n) is 12.2. The third kappa shape index (κ3) is 5.13. The van der Waals surface area contributed by atoms with Gasteiger partial charge < -0.3 is 15.2 Å². The van der Waals surface area contributed by atoms with Gasteiger partial charge in [0, 0.05) is 29.2 Å². The molecule has 0 heterocycles. The number of hydrogen-bond acceptors (Lipinski definition) is 3. The van der Waals surface area contributed by atoms with Gasteiger partial charge in [0.1, 0.15) is 5.75 Å². The van der Waals surface area contributed by atoms with E-state index in [-0.39, 0.29) is 18.1 Å². The first kappa shape index (κ1) is 16.5. The van der Waals surface area contributed by atoms with E-state index in [1.54, 1.807) is 7.11 Å². The van der Waals surface area contributed by atoms with Crippen LogP contribution in [0.1, 0.15) is 32.8 Å². The molecule has 0 aromatic heterocycles. The average Bonchev–Trinajstić information content (AvgIpc) is 2.33. The van der Waals surface area contributed by atoms with Crippen LogP contribution in [0.4, 0.5) is 0 Å². The second-order valence-electron chi connectivity index (χ2n) is 5.77. The summed E-state index contributed by atoms with van der Waals surface area (Å²) < 4.78 is 6.41. The summed E-state index contributed by atoms with van der Waals surface area (Å²) in [4.78, 5) is 0. The Hall–Kier alpha value is -0.580. The van der Waals surface area contributed by atoms with Crippen molar-refractivity contribution >= 4 is 15.9 Å². The van der Waals surface area contributed by atoms with E-state index in [1.165, 1.54) is 0 Å². The molecule has 3 nitrogen and oxygen atoms in total. The highest BCUT2D eigenvalue weighted by atomic mass is 79.9. The van der Waals surface area contributed by atoms with Gasteiger partial charge in [-0.15, -0.1) is 0 Å². The molecule has 1 aromatic carbocycles. The molecule has 1 unspecified atom stereocenters. The molecule has 0 saturated carbocycles. The number of aliphatic hydroxyl groups excluding tert-OH is 1. The molecule has 0 aliphatic heterocycles. The SMILES string of the molecule is COc1ccc(Br)cc1CNC(CCO)C(C)(C)C. The highest BCUT2D eigenvalue weighted by Crippen LogP contribution is 2.25. The molecule has 19 heavy (non-hydrogen) atoms. The normalized spacial score (nSPS) is 13.4. The van der Waals surface area contributed by atoms with Crippen LogP contribution in [0.5, 0.6) is 5.75 Å². The van der Waals surface area contributed by atoms with Gasteiger partial charge >= 0.3 is 0 Å². The van der Waals surface area contributed by atoms with Crippen molar-refractivity contribution in [2.75, 3.05) is 13.7 Å². The Balaban J connectivity index is 2.76. The summed E-state index contributed by atoms with van der Waals surface area (Å²) in [6, 6.07) is 6.25. The highest BCUT2D eigenvalue weighted by Gasteiger charge is 2.23. The maximum atomic E-state index is 9.17. The number of methoxy groups -OCH3 is 1. The topological polar surface area (TPSA) is 41.5 Å². The van der Waals surface area contributed by atoms with Crippen LogP contribution in [0, 0.1) is 5.41 Å². The van der Waals surface area contributed by atoms with Crippen molar-refractivity contribution in [2.24, 2.45) is 5.41 Å². The summed E-state index contributed by atoms with van der Waals surface area (Å²) in [5.74, 6) is 0.882. The van der Waals surface area contributed by atoms with Gasteiger partial charge in [-0.1, -0.05) is 36.7 Å². The predicted molar refractivity (Wildman–Crippen MR) is 82.5 cm³/mol. The third-order valence-electron chi connectivity index (χ3n) is 3.24. The molecule has 0 saturated heterocycles. The lowest BCUT2D eigenvalue weighted by atomic mass is 9.85. The summed E-state index contributed by atoms with van der Waals surface area (Å²) in [7, 11) is 1.68. The fraction of sp³-hybridized carbons (Fsp3) is 0.600. The Kier molecular flexibility index (Phi) is 6.30. The zero-order chi connectivity index (χ0) is 14.5. The molecular formula is C15H24BrNO2. The second-order valence-corrected chi connectivity index (χ2v) is 6.68. The molecule has 4 heteroatoms. The summed E-state index contributed by atoms with van der Waals surface area (Å²) in [6.07, 6.45) is 0.750. The van der Waals surface area contributed by atoms with Gasteiger partial charge in [-0.25, -0.2) is 0 Å². The molecule has 1 rings (SSSR count). The van der Waals surface area contributed by atoms with Crippen molar-refractivity contribution in [3.8, 4) is 5.75 Å². The van der Waals surface area contributed by atoms with Crippen molar-refractivity contribution in [1.82, 2.24) is 5.32 Å². The number of benzene rings is 1. The molecule has 1 aromatic rings. The van der Waals surface area contributed by atoms with Crippen molar-refractivity contribution < 1.29 is 9.84 Å². The Morgan fingerprint density at radius 3 is 2.58 bits per heavy atom. The molecule has 0 amide bonds. The molecule has 2 N–H and O–H groups in total. The van der Waals surface area contributed by atoms with Gasteiger partial charge in [-0.2, -0.15) is 0 Å². The van der Waals surface area contributed by atoms with E-state index in [0.717, 1.165) is 28.8 Å². The predicted octanol–water partition coefficient (Wildman–Crippen LogP) is 3.34. The van der Waals surface area contributed by atoms with E-state index in [2.05, 4.69) is 48.1 Å².